The van der Waals surface area contributed by atoms with Crippen LogP contribution in [0.2, 0.25) is 0 Å². The van der Waals surface area contributed by atoms with Gasteiger partial charge in [0, 0.05) is 25.9 Å². The molecule has 2 amide bonds. The van der Waals surface area contributed by atoms with Crippen LogP contribution in [0.15, 0.2) is 41.7 Å². The molecular formula is C27H32F3N5O8S. The minimum atomic E-state index is -4.54. The van der Waals surface area contributed by atoms with Crippen LogP contribution in [0.4, 0.5) is 27.6 Å². The van der Waals surface area contributed by atoms with Crippen molar-refractivity contribution in [3.63, 3.8) is 0 Å². The van der Waals surface area contributed by atoms with Crippen molar-refractivity contribution >= 4 is 40.1 Å². The van der Waals surface area contributed by atoms with Gasteiger partial charge in [0.1, 0.15) is 19.0 Å². The van der Waals surface area contributed by atoms with Gasteiger partial charge in [-0.3, -0.25) is 9.19 Å². The zero-order valence-corrected chi connectivity index (χ0v) is 25.3. The fraction of sp³-hybridized carbons (Fsp3) is 0.444. The number of alkyl halides is 3. The number of amides is 2. The summed E-state index contributed by atoms with van der Waals surface area (Å²) in [5.74, 6) is -0.306. The summed E-state index contributed by atoms with van der Waals surface area (Å²) in [5.41, 5.74) is 1.25. The summed E-state index contributed by atoms with van der Waals surface area (Å²) in [6.45, 7) is 1.53. The minimum Gasteiger partial charge on any atom is -0.484 e. The Morgan fingerprint density at radius 3 is 2.39 bits per heavy atom. The number of carbonyl (C=O) groups is 3. The maximum absolute atomic E-state index is 13.5. The lowest BCUT2D eigenvalue weighted by atomic mass is 10.2. The van der Waals surface area contributed by atoms with E-state index in [1.807, 2.05) is 0 Å². The van der Waals surface area contributed by atoms with Gasteiger partial charge in [0.25, 0.3) is 0 Å². The molecule has 0 aliphatic carbocycles. The highest BCUT2D eigenvalue weighted by atomic mass is 32.2. The lowest BCUT2D eigenvalue weighted by molar-refractivity contribution is -0.153. The molecule has 3 aromatic rings. The summed E-state index contributed by atoms with van der Waals surface area (Å²) in [6.07, 6.45) is -4.85. The summed E-state index contributed by atoms with van der Waals surface area (Å²) in [6, 6.07) is 7.30. The highest BCUT2D eigenvalue weighted by Crippen LogP contribution is 2.26. The summed E-state index contributed by atoms with van der Waals surface area (Å²) < 4.78 is 72.2. The van der Waals surface area contributed by atoms with E-state index in [0.717, 1.165) is 0 Å². The quantitative estimate of drug-likeness (QED) is 0.265. The Labute approximate surface area is 253 Å². The SMILES string of the molecule is CCOC(=O)OCCN(C)C(=O)OCCN(C)C(=O)n1c([S@](=O)Cc2nccc(OCC(F)(F)F)c2C)nc2ccccc21. The molecule has 240 valence electrons. The zero-order valence-electron chi connectivity index (χ0n) is 24.5. The highest BCUT2D eigenvalue weighted by Gasteiger charge is 2.29. The number of fused-ring (bicyclic) bond motifs is 1. The average molecular weight is 644 g/mol. The van der Waals surface area contributed by atoms with Crippen molar-refractivity contribution in [2.45, 2.75) is 30.9 Å². The molecule has 3 rings (SSSR count). The number of pyridine rings is 1. The standard InChI is InChI=1S/C27H32F3N5O8S/c1-5-40-26(38)42-15-13-34(4)25(37)41-14-12-33(3)24(36)35-21-9-7-6-8-19(21)32-23(35)44(39)16-20-18(2)22(10-11-31-20)43-17-27(28,29)30/h6-11H,5,12-17H2,1-4H3/t44-/m1/s1. The number of para-hydroxylation sites is 2. The Hall–Kier alpha value is -4.41. The van der Waals surface area contributed by atoms with E-state index < -0.39 is 41.9 Å². The molecule has 1 atom stereocenters. The number of carbonyl (C=O) groups excluding carboxylic acids is 3. The van der Waals surface area contributed by atoms with E-state index in [-0.39, 0.29) is 60.8 Å². The lowest BCUT2D eigenvalue weighted by Gasteiger charge is -2.21. The van der Waals surface area contributed by atoms with Crippen LogP contribution in [0.25, 0.3) is 11.0 Å². The number of rotatable bonds is 12. The molecule has 13 nitrogen and oxygen atoms in total. The molecule has 2 heterocycles. The molecule has 0 saturated heterocycles. The molecule has 0 unspecified atom stereocenters. The molecule has 17 heteroatoms. The van der Waals surface area contributed by atoms with E-state index >= 15 is 0 Å². The number of benzene rings is 1. The number of ether oxygens (including phenoxy) is 4. The van der Waals surface area contributed by atoms with Gasteiger partial charge in [0.05, 0.1) is 53.0 Å². The third-order valence-electron chi connectivity index (χ3n) is 6.04. The van der Waals surface area contributed by atoms with Gasteiger partial charge in [-0.15, -0.1) is 0 Å². The molecule has 0 radical (unpaired) electrons. The van der Waals surface area contributed by atoms with Gasteiger partial charge in [0.2, 0.25) is 5.16 Å². The van der Waals surface area contributed by atoms with Crippen molar-refractivity contribution in [2.24, 2.45) is 0 Å². The van der Waals surface area contributed by atoms with Crippen molar-refractivity contribution in [3.05, 3.63) is 47.8 Å². The smallest absolute Gasteiger partial charge is 0.484 e. The Bertz CT molecular complexity index is 1500. The predicted octanol–water partition coefficient (Wildman–Crippen LogP) is 4.13. The van der Waals surface area contributed by atoms with Crippen LogP contribution < -0.4 is 4.74 Å². The summed E-state index contributed by atoms with van der Waals surface area (Å²) in [4.78, 5) is 48.0. The third-order valence-corrected chi connectivity index (χ3v) is 7.26. The number of likely N-dealkylation sites (N-methyl/N-ethyl adjacent to an activating group) is 2. The van der Waals surface area contributed by atoms with Gasteiger partial charge in [0.15, 0.2) is 6.61 Å². The molecule has 1 aromatic carbocycles. The summed E-state index contributed by atoms with van der Waals surface area (Å²) in [5, 5.41) is -0.0933. The monoisotopic (exact) mass is 643 g/mol. The Morgan fingerprint density at radius 2 is 1.68 bits per heavy atom. The minimum absolute atomic E-state index is 0.0322. The summed E-state index contributed by atoms with van der Waals surface area (Å²) >= 11 is 0. The van der Waals surface area contributed by atoms with Crippen molar-refractivity contribution in [3.8, 4) is 5.75 Å². The zero-order chi connectivity index (χ0) is 32.4. The van der Waals surface area contributed by atoms with Gasteiger partial charge in [-0.05, 0) is 32.0 Å². The molecule has 0 fully saturated rings. The maximum atomic E-state index is 13.5. The molecule has 0 N–H and O–H groups in total. The van der Waals surface area contributed by atoms with Gasteiger partial charge in [-0.2, -0.15) is 13.2 Å². The number of hydrogen-bond acceptors (Lipinski definition) is 10. The van der Waals surface area contributed by atoms with Crippen LogP contribution in [-0.2, 0) is 30.8 Å². The molecule has 0 aliphatic heterocycles. The van der Waals surface area contributed by atoms with Crippen LogP contribution in [0.5, 0.6) is 5.75 Å². The average Bonchev–Trinajstić information content (AvgIpc) is 3.36. The van der Waals surface area contributed by atoms with Gasteiger partial charge in [-0.1, -0.05) is 12.1 Å². The molecule has 0 spiro atoms. The first-order valence-corrected chi connectivity index (χ1v) is 14.6. The normalized spacial score (nSPS) is 12.0. The predicted molar refractivity (Wildman–Crippen MR) is 151 cm³/mol. The molecule has 0 aliphatic rings. The lowest BCUT2D eigenvalue weighted by Crippen LogP contribution is -2.37. The van der Waals surface area contributed by atoms with Crippen molar-refractivity contribution in [1.29, 1.82) is 0 Å². The van der Waals surface area contributed by atoms with Crippen molar-refractivity contribution in [2.75, 3.05) is 53.6 Å². The van der Waals surface area contributed by atoms with Gasteiger partial charge >= 0.3 is 24.5 Å². The van der Waals surface area contributed by atoms with Crippen LogP contribution in [-0.4, -0.2) is 107 Å². The van der Waals surface area contributed by atoms with Crippen LogP contribution in [0, 0.1) is 6.92 Å². The number of halogens is 3. The second-order valence-electron chi connectivity index (χ2n) is 9.26. The molecule has 0 bridgehead atoms. The Kier molecular flexibility index (Phi) is 11.9. The maximum Gasteiger partial charge on any atom is 0.508 e. The first-order valence-electron chi connectivity index (χ1n) is 13.2. The van der Waals surface area contributed by atoms with E-state index in [2.05, 4.69) is 14.7 Å². The third kappa shape index (κ3) is 9.29. The second-order valence-corrected chi connectivity index (χ2v) is 10.6. The second kappa shape index (κ2) is 15.4. The number of nitrogens with zero attached hydrogens (tertiary/aromatic N) is 5. The fourth-order valence-corrected chi connectivity index (χ4v) is 4.96. The largest absolute Gasteiger partial charge is 0.508 e. The molecule has 2 aromatic heterocycles. The van der Waals surface area contributed by atoms with Crippen molar-refractivity contribution < 1.29 is 50.7 Å². The number of hydrogen-bond donors (Lipinski definition) is 0. The molecular weight excluding hydrogens is 611 g/mol. The van der Waals surface area contributed by atoms with E-state index in [1.165, 1.54) is 47.6 Å². The van der Waals surface area contributed by atoms with E-state index in [9.17, 15) is 31.8 Å². The Balaban J connectivity index is 1.69. The molecule has 44 heavy (non-hydrogen) atoms. The van der Waals surface area contributed by atoms with Gasteiger partial charge in [-0.25, -0.2) is 23.9 Å². The Morgan fingerprint density at radius 1 is 1.00 bits per heavy atom. The van der Waals surface area contributed by atoms with Crippen LogP contribution in [0.1, 0.15) is 18.2 Å². The summed E-state index contributed by atoms with van der Waals surface area (Å²) in [7, 11) is 0.949. The number of imidazole rings is 1. The van der Waals surface area contributed by atoms with E-state index in [0.29, 0.717) is 11.0 Å². The first-order chi connectivity index (χ1) is 20.8. The van der Waals surface area contributed by atoms with E-state index in [1.54, 1.807) is 31.2 Å². The van der Waals surface area contributed by atoms with E-state index in [4.69, 9.17) is 14.2 Å². The number of aromatic nitrogens is 3. The first kappa shape index (κ1) is 34.1. The van der Waals surface area contributed by atoms with Crippen LogP contribution >= 0.6 is 0 Å². The topological polar surface area (TPSA) is 142 Å². The van der Waals surface area contributed by atoms with Gasteiger partial charge < -0.3 is 28.7 Å². The van der Waals surface area contributed by atoms with Crippen molar-refractivity contribution in [1.82, 2.24) is 24.3 Å². The fourth-order valence-electron chi connectivity index (χ4n) is 3.71. The highest BCUT2D eigenvalue weighted by molar-refractivity contribution is 7.84. The molecule has 0 saturated carbocycles. The van der Waals surface area contributed by atoms with Crippen LogP contribution in [0.3, 0.4) is 0 Å².